The predicted molar refractivity (Wildman–Crippen MR) is 129 cm³/mol. The third kappa shape index (κ3) is 6.23. The maximum atomic E-state index is 13.3. The minimum Gasteiger partial charge on any atom is -0.451 e. The van der Waals surface area contributed by atoms with Crippen molar-refractivity contribution in [2.24, 2.45) is 5.41 Å². The summed E-state index contributed by atoms with van der Waals surface area (Å²) in [5, 5.41) is 5.49. The number of carbonyl (C=O) groups excluding carboxylic acids is 3. The van der Waals surface area contributed by atoms with E-state index in [0.717, 1.165) is 37.8 Å². The van der Waals surface area contributed by atoms with Gasteiger partial charge in [-0.2, -0.15) is 13.2 Å². The highest BCUT2D eigenvalue weighted by Crippen LogP contribution is 2.41. The molecule has 1 aromatic heterocycles. The van der Waals surface area contributed by atoms with Crippen molar-refractivity contribution in [3.63, 3.8) is 0 Å². The summed E-state index contributed by atoms with van der Waals surface area (Å²) in [7, 11) is 0. The first-order valence-electron chi connectivity index (χ1n) is 12.5. The maximum Gasteiger partial charge on any atom is 0.416 e. The van der Waals surface area contributed by atoms with Crippen molar-refractivity contribution in [3.8, 4) is 11.3 Å². The second kappa shape index (κ2) is 10.7. The van der Waals surface area contributed by atoms with Crippen LogP contribution in [0.4, 0.5) is 13.2 Å². The summed E-state index contributed by atoms with van der Waals surface area (Å²) in [6.45, 7) is 3.87. The van der Waals surface area contributed by atoms with Crippen molar-refractivity contribution in [3.05, 3.63) is 47.7 Å². The van der Waals surface area contributed by atoms with Crippen molar-refractivity contribution in [1.82, 2.24) is 10.6 Å². The van der Waals surface area contributed by atoms with E-state index in [1.165, 1.54) is 24.3 Å². The Hall–Kier alpha value is -3.14. The number of hydrogen-bond acceptors (Lipinski definition) is 5. The molecule has 2 aromatic rings. The van der Waals surface area contributed by atoms with Crippen molar-refractivity contribution in [1.29, 1.82) is 0 Å². The molecule has 1 aliphatic heterocycles. The minimum atomic E-state index is -4.51. The Morgan fingerprint density at radius 2 is 1.89 bits per heavy atom. The molecule has 1 saturated heterocycles. The molecule has 4 rings (SSSR count). The van der Waals surface area contributed by atoms with Crippen LogP contribution in [0.1, 0.15) is 68.5 Å². The lowest BCUT2D eigenvalue weighted by molar-refractivity contribution is -0.137. The SMILES string of the molecule is CC[C@@H]1OCC(=O)C1NC(=O)[C@H](CC1(C)CCCC1)NC(=O)c1ccc(-c2cccc(C(F)(F)F)c2)o1. The summed E-state index contributed by atoms with van der Waals surface area (Å²) in [4.78, 5) is 38.6. The molecule has 2 fully saturated rings. The standard InChI is InChI=1S/C27H31F3N2O5/c1-3-20-23(19(33)15-36-20)32-24(34)18(14-26(2)11-4-5-12-26)31-25(35)22-10-9-21(37-22)16-7-6-8-17(13-16)27(28,29)30/h6-10,13,18,20,23H,3-5,11-12,14-15H2,1-2H3,(H,31,35)(H,32,34)/t18-,20-,23?/m0/s1. The van der Waals surface area contributed by atoms with Crippen LogP contribution >= 0.6 is 0 Å². The maximum absolute atomic E-state index is 13.3. The largest absolute Gasteiger partial charge is 0.451 e. The van der Waals surface area contributed by atoms with Gasteiger partial charge in [-0.3, -0.25) is 14.4 Å². The summed E-state index contributed by atoms with van der Waals surface area (Å²) >= 11 is 0. The number of rotatable bonds is 8. The first kappa shape index (κ1) is 26.9. The Kier molecular flexibility index (Phi) is 7.77. The van der Waals surface area contributed by atoms with Crippen LogP contribution in [-0.2, 0) is 20.5 Å². The Labute approximate surface area is 213 Å². The van der Waals surface area contributed by atoms with Gasteiger partial charge in [0.05, 0.1) is 11.7 Å². The molecule has 2 heterocycles. The molecule has 2 N–H and O–H groups in total. The van der Waals surface area contributed by atoms with Gasteiger partial charge in [0.2, 0.25) is 5.91 Å². The molecule has 7 nitrogen and oxygen atoms in total. The molecule has 10 heteroatoms. The molecule has 1 saturated carbocycles. The number of furan rings is 1. The number of benzene rings is 1. The summed E-state index contributed by atoms with van der Waals surface area (Å²) in [5.74, 6) is -1.39. The van der Waals surface area contributed by atoms with E-state index in [4.69, 9.17) is 9.15 Å². The summed E-state index contributed by atoms with van der Waals surface area (Å²) in [6, 6.07) is 5.70. The molecular weight excluding hydrogens is 489 g/mol. The molecule has 0 radical (unpaired) electrons. The number of nitrogens with one attached hydrogen (secondary N) is 2. The number of alkyl halides is 3. The first-order valence-corrected chi connectivity index (χ1v) is 12.5. The van der Waals surface area contributed by atoms with Crippen LogP contribution in [0.15, 0.2) is 40.8 Å². The van der Waals surface area contributed by atoms with Gasteiger partial charge < -0.3 is 19.8 Å². The van der Waals surface area contributed by atoms with Gasteiger partial charge in [0.1, 0.15) is 24.5 Å². The predicted octanol–water partition coefficient (Wildman–Crippen LogP) is 4.90. The molecule has 0 spiro atoms. The van der Waals surface area contributed by atoms with E-state index >= 15 is 0 Å². The van der Waals surface area contributed by atoms with Crippen LogP contribution in [0.2, 0.25) is 0 Å². The van der Waals surface area contributed by atoms with E-state index in [9.17, 15) is 27.6 Å². The summed E-state index contributed by atoms with van der Waals surface area (Å²) in [6.07, 6.45) is -0.112. The number of ketones is 1. The Morgan fingerprint density at radius 3 is 2.57 bits per heavy atom. The second-order valence-electron chi connectivity index (χ2n) is 10.2. The van der Waals surface area contributed by atoms with Crippen molar-refractivity contribution in [2.75, 3.05) is 6.61 Å². The number of hydrogen-bond donors (Lipinski definition) is 2. The third-order valence-electron chi connectivity index (χ3n) is 7.29. The van der Waals surface area contributed by atoms with Gasteiger partial charge >= 0.3 is 6.18 Å². The van der Waals surface area contributed by atoms with Crippen LogP contribution in [0.25, 0.3) is 11.3 Å². The van der Waals surface area contributed by atoms with Gasteiger partial charge in [-0.05, 0) is 55.4 Å². The highest BCUT2D eigenvalue weighted by atomic mass is 19.4. The van der Waals surface area contributed by atoms with E-state index < -0.39 is 41.7 Å². The summed E-state index contributed by atoms with van der Waals surface area (Å²) < 4.78 is 50.3. The van der Waals surface area contributed by atoms with Gasteiger partial charge in [0.25, 0.3) is 5.91 Å². The smallest absolute Gasteiger partial charge is 0.416 e. The average Bonchev–Trinajstić information content (AvgIpc) is 3.59. The zero-order chi connectivity index (χ0) is 26.8. The lowest BCUT2D eigenvalue weighted by Gasteiger charge is -2.30. The van der Waals surface area contributed by atoms with Gasteiger partial charge in [-0.25, -0.2) is 0 Å². The van der Waals surface area contributed by atoms with E-state index in [2.05, 4.69) is 17.6 Å². The van der Waals surface area contributed by atoms with E-state index in [1.807, 2.05) is 6.92 Å². The van der Waals surface area contributed by atoms with Gasteiger partial charge in [-0.1, -0.05) is 38.8 Å². The van der Waals surface area contributed by atoms with E-state index in [1.54, 1.807) is 0 Å². The zero-order valence-electron chi connectivity index (χ0n) is 20.8. The zero-order valence-corrected chi connectivity index (χ0v) is 20.8. The number of carbonyl (C=O) groups is 3. The lowest BCUT2D eigenvalue weighted by Crippen LogP contribution is -2.54. The first-order chi connectivity index (χ1) is 17.5. The fraction of sp³-hybridized carbons (Fsp3) is 0.519. The fourth-order valence-electron chi connectivity index (χ4n) is 5.19. The molecule has 1 aromatic carbocycles. The van der Waals surface area contributed by atoms with Gasteiger partial charge in [0, 0.05) is 5.56 Å². The Balaban J connectivity index is 1.51. The number of Topliss-reactive ketones (excluding diaryl/α,β-unsaturated/α-hetero) is 1. The van der Waals surface area contributed by atoms with Gasteiger partial charge in [-0.15, -0.1) is 0 Å². The highest BCUT2D eigenvalue weighted by Gasteiger charge is 2.40. The van der Waals surface area contributed by atoms with Crippen LogP contribution in [-0.4, -0.2) is 42.4 Å². The van der Waals surface area contributed by atoms with Crippen molar-refractivity contribution < 1.29 is 36.7 Å². The van der Waals surface area contributed by atoms with Crippen LogP contribution in [0.3, 0.4) is 0 Å². The second-order valence-corrected chi connectivity index (χ2v) is 10.2. The number of amides is 2. The monoisotopic (exact) mass is 520 g/mol. The summed E-state index contributed by atoms with van der Waals surface area (Å²) in [5.41, 5.74) is -0.807. The van der Waals surface area contributed by atoms with Crippen LogP contribution in [0.5, 0.6) is 0 Å². The van der Waals surface area contributed by atoms with E-state index in [0.29, 0.717) is 12.8 Å². The van der Waals surface area contributed by atoms with Crippen LogP contribution in [0, 0.1) is 5.41 Å². The average molecular weight is 521 g/mol. The molecule has 2 aliphatic rings. The molecule has 200 valence electrons. The fourth-order valence-corrected chi connectivity index (χ4v) is 5.19. The topological polar surface area (TPSA) is 97.6 Å². The number of ether oxygens (including phenoxy) is 1. The third-order valence-corrected chi connectivity index (χ3v) is 7.29. The molecule has 1 aliphatic carbocycles. The molecule has 2 amide bonds. The van der Waals surface area contributed by atoms with Crippen molar-refractivity contribution >= 4 is 17.6 Å². The molecule has 3 atom stereocenters. The van der Waals surface area contributed by atoms with Gasteiger partial charge in [0.15, 0.2) is 11.5 Å². The van der Waals surface area contributed by atoms with Crippen molar-refractivity contribution in [2.45, 2.75) is 76.7 Å². The Morgan fingerprint density at radius 1 is 1.16 bits per heavy atom. The molecular formula is C27H31F3N2O5. The minimum absolute atomic E-state index is 0.0666. The molecule has 37 heavy (non-hydrogen) atoms. The lowest BCUT2D eigenvalue weighted by atomic mass is 9.81. The van der Waals surface area contributed by atoms with Crippen LogP contribution < -0.4 is 10.6 Å². The van der Waals surface area contributed by atoms with E-state index in [-0.39, 0.29) is 34.9 Å². The molecule has 0 bridgehead atoms. The quantitative estimate of drug-likeness (QED) is 0.516. The Bertz CT molecular complexity index is 1150. The normalized spacial score (nSPS) is 22.1. The number of halogens is 3. The molecule has 1 unspecified atom stereocenters. The highest BCUT2D eigenvalue weighted by molar-refractivity contribution is 5.98.